The van der Waals surface area contributed by atoms with Gasteiger partial charge in [0.25, 0.3) is 0 Å². The topological polar surface area (TPSA) is 50.9 Å². The Morgan fingerprint density at radius 2 is 1.28 bits per heavy atom. The second-order valence-corrected chi connectivity index (χ2v) is 20.4. The van der Waals surface area contributed by atoms with Crippen LogP contribution in [0.3, 0.4) is 0 Å². The van der Waals surface area contributed by atoms with E-state index in [0.29, 0.717) is 50.5 Å². The number of aromatic hydroxyl groups is 1. The first-order valence-corrected chi connectivity index (χ1v) is 23.3. The summed E-state index contributed by atoms with van der Waals surface area (Å²) in [5.41, 5.74) is 12.3. The van der Waals surface area contributed by atoms with Crippen molar-refractivity contribution in [3.63, 3.8) is 0 Å². The SMILES string of the molecule is [2H]C([2H])([2H])c1ccc(-c2ccnc(-c3[c-]c(-c4cccc5c4nc(-c4cc(C([2H])(C)C)cc(C([2H])(C)C)c4O)n5-c4cc(C([2H])([2H])[2H])c(-c5ccc(C(C)(C)C)cc5)cc4-c4ccccc4)cc(C(C)(C)C)c3)c2)cc1.[Pt]. The Balaban J connectivity index is 0.00000784. The molecule has 0 aliphatic carbocycles. The van der Waals surface area contributed by atoms with Crippen molar-refractivity contribution < 1.29 is 37.1 Å². The van der Waals surface area contributed by atoms with Crippen LogP contribution in [0, 0.1) is 19.8 Å². The van der Waals surface area contributed by atoms with Crippen molar-refractivity contribution in [1.82, 2.24) is 14.5 Å². The number of hydrogen-bond acceptors (Lipinski definition) is 3. The second-order valence-electron chi connectivity index (χ2n) is 20.4. The first-order chi connectivity index (χ1) is 35.4. The maximum Gasteiger partial charge on any atom is 0.148 e. The van der Waals surface area contributed by atoms with Crippen molar-refractivity contribution in [3.05, 3.63) is 191 Å². The summed E-state index contributed by atoms with van der Waals surface area (Å²) in [6.45, 7) is 15.0. The van der Waals surface area contributed by atoms with Crippen molar-refractivity contribution in [3.8, 4) is 78.6 Å². The van der Waals surface area contributed by atoms with Crippen molar-refractivity contribution in [2.24, 2.45) is 0 Å². The third-order valence-corrected chi connectivity index (χ3v) is 13.0. The van der Waals surface area contributed by atoms with E-state index in [9.17, 15) is 7.85 Å². The van der Waals surface area contributed by atoms with E-state index in [1.54, 1.807) is 64.2 Å². The van der Waals surface area contributed by atoms with E-state index in [1.807, 2.05) is 95.6 Å². The summed E-state index contributed by atoms with van der Waals surface area (Å²) in [7, 11) is 0. The summed E-state index contributed by atoms with van der Waals surface area (Å²) < 4.78 is 71.4. The van der Waals surface area contributed by atoms with Gasteiger partial charge in [-0.15, -0.1) is 29.3 Å². The summed E-state index contributed by atoms with van der Waals surface area (Å²) in [6.07, 6.45) is 1.74. The molecule has 0 spiro atoms. The summed E-state index contributed by atoms with van der Waals surface area (Å²) in [4.78, 5) is 10.4. The normalized spacial score (nSPS) is 14.3. The molecule has 0 saturated heterocycles. The fourth-order valence-corrected chi connectivity index (χ4v) is 8.93. The van der Waals surface area contributed by atoms with Crippen molar-refractivity contribution >= 4 is 11.0 Å². The quantitative estimate of drug-likeness (QED) is 0.147. The molecule has 0 atom stereocenters. The molecule has 2 aromatic heterocycles. The predicted octanol–water partition coefficient (Wildman–Crippen LogP) is 17.4. The molecule has 0 amide bonds. The Labute approximate surface area is 436 Å². The van der Waals surface area contributed by atoms with E-state index in [4.69, 9.17) is 18.2 Å². The third kappa shape index (κ3) is 9.79. The average Bonchev–Trinajstić information content (AvgIpc) is 3.85. The molecule has 0 unspecified atom stereocenters. The van der Waals surface area contributed by atoms with Gasteiger partial charge in [-0.3, -0.25) is 9.55 Å². The van der Waals surface area contributed by atoms with Crippen LogP contribution in [-0.2, 0) is 31.9 Å². The first kappa shape index (κ1) is 39.5. The maximum atomic E-state index is 12.6. The van der Waals surface area contributed by atoms with E-state index in [1.165, 1.54) is 0 Å². The minimum atomic E-state index is -2.57. The maximum absolute atomic E-state index is 12.6. The van der Waals surface area contributed by atoms with Crippen LogP contribution in [0.1, 0.15) is 125 Å². The average molecular weight is 1090 g/mol. The molecule has 69 heavy (non-hydrogen) atoms. The molecule has 352 valence electrons. The van der Waals surface area contributed by atoms with Gasteiger partial charge in [0.1, 0.15) is 11.6 Å². The van der Waals surface area contributed by atoms with Crippen LogP contribution < -0.4 is 0 Å². The zero-order valence-electron chi connectivity index (χ0n) is 49.0. The van der Waals surface area contributed by atoms with Gasteiger partial charge in [0.15, 0.2) is 0 Å². The number of fused-ring (bicyclic) bond motifs is 1. The van der Waals surface area contributed by atoms with Gasteiger partial charge in [0.2, 0.25) is 0 Å². The largest absolute Gasteiger partial charge is 0.507 e. The number of phenols is 1. The first-order valence-electron chi connectivity index (χ1n) is 27.3. The van der Waals surface area contributed by atoms with Gasteiger partial charge in [0.05, 0.1) is 22.3 Å². The number of nitrogens with zero attached hydrogens (tertiary/aromatic N) is 3. The molecule has 9 rings (SSSR count). The van der Waals surface area contributed by atoms with Crippen LogP contribution in [-0.4, -0.2) is 19.6 Å². The fraction of sp³-hybridized carbons (Fsp3) is 0.250. The molecule has 0 radical (unpaired) electrons. The van der Waals surface area contributed by atoms with E-state index in [0.717, 1.165) is 50.1 Å². The molecule has 7 aromatic carbocycles. The molecule has 0 saturated carbocycles. The molecule has 2 heterocycles. The zero-order valence-corrected chi connectivity index (χ0v) is 43.3. The van der Waals surface area contributed by atoms with E-state index < -0.39 is 25.5 Å². The number of aromatic nitrogens is 3. The molecule has 0 aliphatic rings. The standard InChI is InChI=1S/C64H64N3O.Pt/c1-39(2)47-35-53(40(3)4)61(68)56(36-47)62-66-60-52(48-32-49(34-51(33-48)64(10,11)12)57-37-46(29-30-65-57)43-23-21-41(5)22-24-43)19-16-20-58(60)67(62)59-31-42(6)54(38-55(59)44-17-14-13-15-18-44)45-25-27-50(28-26-45)63(7,8)9;/h13-31,33-40,68H,1-12H3;/q-1;/i5D3,6D3,39D,40D;. The summed E-state index contributed by atoms with van der Waals surface area (Å²) in [5.74, 6) is -2.31. The molecule has 0 fully saturated rings. The Kier molecular flexibility index (Phi) is 11.0. The van der Waals surface area contributed by atoms with Gasteiger partial charge in [-0.2, -0.15) is 0 Å². The van der Waals surface area contributed by atoms with Crippen molar-refractivity contribution in [1.29, 1.82) is 0 Å². The number of para-hydroxylation sites is 1. The summed E-state index contributed by atoms with van der Waals surface area (Å²) >= 11 is 0. The van der Waals surface area contributed by atoms with E-state index >= 15 is 0 Å². The monoisotopic (exact) mass is 1090 g/mol. The number of phenolic OH excluding ortho intramolecular Hbond substituents is 1. The molecular weight excluding hydrogens is 1020 g/mol. The Bertz CT molecular complexity index is 3650. The van der Waals surface area contributed by atoms with Gasteiger partial charge < -0.3 is 5.11 Å². The van der Waals surface area contributed by atoms with Crippen LogP contribution in [0.25, 0.3) is 83.9 Å². The van der Waals surface area contributed by atoms with Crippen LogP contribution in [0.15, 0.2) is 152 Å². The Morgan fingerprint density at radius 3 is 1.93 bits per heavy atom. The van der Waals surface area contributed by atoms with Crippen LogP contribution in [0.4, 0.5) is 0 Å². The molecule has 9 aromatic rings. The summed E-state index contributed by atoms with van der Waals surface area (Å²) in [5, 5.41) is 12.6. The van der Waals surface area contributed by atoms with Gasteiger partial charge in [-0.05, 0) is 117 Å². The second kappa shape index (κ2) is 19.2. The molecule has 0 aliphatic heterocycles. The third-order valence-electron chi connectivity index (χ3n) is 13.0. The number of hydrogen-bond donors (Lipinski definition) is 1. The van der Waals surface area contributed by atoms with Gasteiger partial charge in [-0.25, -0.2) is 4.98 Å². The zero-order chi connectivity index (χ0) is 55.1. The number of benzene rings is 7. The number of rotatable bonds is 9. The molecule has 1 N–H and O–H groups in total. The molecule has 0 bridgehead atoms. The van der Waals surface area contributed by atoms with Gasteiger partial charge in [-0.1, -0.05) is 189 Å². The minimum Gasteiger partial charge on any atom is -0.507 e. The Morgan fingerprint density at radius 1 is 0.594 bits per heavy atom. The number of pyridine rings is 1. The van der Waals surface area contributed by atoms with Crippen LogP contribution in [0.5, 0.6) is 5.75 Å². The smallest absolute Gasteiger partial charge is 0.148 e. The Hall–Kier alpha value is -6.35. The molecule has 4 nitrogen and oxygen atoms in total. The van der Waals surface area contributed by atoms with E-state index in [2.05, 4.69) is 71.9 Å². The molecule has 5 heteroatoms. The number of aryl methyl sites for hydroxylation is 2. The minimum absolute atomic E-state index is 0. The van der Waals surface area contributed by atoms with Gasteiger partial charge >= 0.3 is 0 Å². The molecular formula is C64H64N3OPt-. The van der Waals surface area contributed by atoms with Gasteiger partial charge in [0, 0.05) is 49.5 Å². The van der Waals surface area contributed by atoms with E-state index in [-0.39, 0.29) is 54.3 Å². The fourth-order valence-electron chi connectivity index (χ4n) is 8.93. The van der Waals surface area contributed by atoms with Crippen LogP contribution in [0.2, 0.25) is 0 Å². The predicted molar refractivity (Wildman–Crippen MR) is 287 cm³/mol. The van der Waals surface area contributed by atoms with Crippen LogP contribution >= 0.6 is 0 Å². The van der Waals surface area contributed by atoms with Crippen molar-refractivity contribution in [2.75, 3.05) is 0 Å². The summed E-state index contributed by atoms with van der Waals surface area (Å²) in [6, 6.07) is 49.6. The van der Waals surface area contributed by atoms with Crippen molar-refractivity contribution in [2.45, 2.75) is 106 Å². The number of imidazole rings is 1.